The van der Waals surface area contributed by atoms with E-state index in [1.165, 1.54) is 0 Å². The van der Waals surface area contributed by atoms with Crippen LogP contribution in [0.5, 0.6) is 0 Å². The maximum absolute atomic E-state index is 11.9. The van der Waals surface area contributed by atoms with E-state index in [9.17, 15) is 9.90 Å². The largest absolute Gasteiger partial charge is 0.393 e. The van der Waals surface area contributed by atoms with Gasteiger partial charge in [0.05, 0.1) is 11.7 Å². The molecule has 1 aliphatic rings. The quantitative estimate of drug-likeness (QED) is 0.855. The fourth-order valence-electron chi connectivity index (χ4n) is 2.35. The summed E-state index contributed by atoms with van der Waals surface area (Å²) in [5.74, 6) is 0.0846. The molecule has 4 heteroatoms. The third-order valence-corrected chi connectivity index (χ3v) is 3.57. The van der Waals surface area contributed by atoms with Crippen LogP contribution in [0.15, 0.2) is 18.3 Å². The normalized spacial score (nSPS) is 23.7. The number of rotatable bonds is 3. The van der Waals surface area contributed by atoms with E-state index < -0.39 is 0 Å². The first-order valence-electron chi connectivity index (χ1n) is 6.56. The van der Waals surface area contributed by atoms with Crippen molar-refractivity contribution in [3.63, 3.8) is 0 Å². The minimum atomic E-state index is -0.268. The third kappa shape index (κ3) is 3.29. The first-order valence-corrected chi connectivity index (χ1v) is 6.56. The van der Waals surface area contributed by atoms with Crippen LogP contribution >= 0.6 is 0 Å². The first-order chi connectivity index (χ1) is 8.66. The molecule has 2 unspecified atom stereocenters. The number of aromatic nitrogens is 1. The van der Waals surface area contributed by atoms with Gasteiger partial charge in [0, 0.05) is 24.4 Å². The van der Waals surface area contributed by atoms with E-state index in [0.717, 1.165) is 31.4 Å². The van der Waals surface area contributed by atoms with Crippen LogP contribution in [-0.2, 0) is 0 Å². The van der Waals surface area contributed by atoms with Gasteiger partial charge in [-0.1, -0.05) is 12.8 Å². The first kappa shape index (κ1) is 13.0. The van der Waals surface area contributed by atoms with Crippen LogP contribution in [0.1, 0.15) is 41.7 Å². The topological polar surface area (TPSA) is 62.2 Å². The molecule has 0 saturated heterocycles. The molecular formula is C14H20N2O2. The molecule has 4 nitrogen and oxygen atoms in total. The van der Waals surface area contributed by atoms with Gasteiger partial charge in [-0.25, -0.2) is 0 Å². The molecule has 1 amide bonds. The zero-order valence-electron chi connectivity index (χ0n) is 10.7. The summed E-state index contributed by atoms with van der Waals surface area (Å²) in [4.78, 5) is 16.0. The second-order valence-corrected chi connectivity index (χ2v) is 5.01. The molecule has 2 rings (SSSR count). The maximum atomic E-state index is 11.9. The molecule has 98 valence electrons. The van der Waals surface area contributed by atoms with E-state index >= 15 is 0 Å². The second kappa shape index (κ2) is 5.96. The van der Waals surface area contributed by atoms with Crippen molar-refractivity contribution in [2.24, 2.45) is 5.92 Å². The standard InChI is InChI=1S/C14H20N2O2/c1-10-6-7-12(9-15-10)14(18)16-8-11-4-2-3-5-13(11)17/h6-7,9,11,13,17H,2-5,8H2,1H3,(H,16,18). The van der Waals surface area contributed by atoms with Gasteiger partial charge < -0.3 is 10.4 Å². The van der Waals surface area contributed by atoms with Gasteiger partial charge in [-0.05, 0) is 31.9 Å². The lowest BCUT2D eigenvalue weighted by Gasteiger charge is -2.27. The van der Waals surface area contributed by atoms with Gasteiger partial charge in [0.1, 0.15) is 0 Å². The molecule has 0 aromatic carbocycles. The predicted octanol–water partition coefficient (Wildman–Crippen LogP) is 1.67. The summed E-state index contributed by atoms with van der Waals surface area (Å²) in [5, 5.41) is 12.7. The highest BCUT2D eigenvalue weighted by Gasteiger charge is 2.23. The number of aliphatic hydroxyl groups excluding tert-OH is 1. The Bertz CT molecular complexity index is 403. The molecule has 1 aromatic heterocycles. The zero-order valence-corrected chi connectivity index (χ0v) is 10.7. The van der Waals surface area contributed by atoms with Crippen LogP contribution < -0.4 is 5.32 Å². The van der Waals surface area contributed by atoms with Crippen molar-refractivity contribution in [1.29, 1.82) is 0 Å². The maximum Gasteiger partial charge on any atom is 0.252 e. The molecule has 1 saturated carbocycles. The fourth-order valence-corrected chi connectivity index (χ4v) is 2.35. The number of aliphatic hydroxyl groups is 1. The number of carbonyl (C=O) groups is 1. The molecule has 0 aliphatic heterocycles. The van der Waals surface area contributed by atoms with Gasteiger partial charge in [-0.2, -0.15) is 0 Å². The summed E-state index contributed by atoms with van der Waals surface area (Å²) >= 11 is 0. The average Bonchev–Trinajstić information content (AvgIpc) is 2.38. The predicted molar refractivity (Wildman–Crippen MR) is 69.3 cm³/mol. The lowest BCUT2D eigenvalue weighted by Crippen LogP contribution is -2.36. The Morgan fingerprint density at radius 1 is 1.44 bits per heavy atom. The summed E-state index contributed by atoms with van der Waals surface area (Å²) in [5.41, 5.74) is 1.47. The third-order valence-electron chi connectivity index (χ3n) is 3.57. The SMILES string of the molecule is Cc1ccc(C(=O)NCC2CCCCC2O)cn1. The summed E-state index contributed by atoms with van der Waals surface area (Å²) < 4.78 is 0. The highest BCUT2D eigenvalue weighted by molar-refractivity contribution is 5.93. The highest BCUT2D eigenvalue weighted by Crippen LogP contribution is 2.23. The van der Waals surface area contributed by atoms with Crippen LogP contribution in [0.2, 0.25) is 0 Å². The Hall–Kier alpha value is -1.42. The Balaban J connectivity index is 1.86. The summed E-state index contributed by atoms with van der Waals surface area (Å²) in [6.45, 7) is 2.44. The van der Waals surface area contributed by atoms with E-state index in [1.54, 1.807) is 12.3 Å². The number of nitrogens with one attached hydrogen (secondary N) is 1. The molecule has 1 fully saturated rings. The van der Waals surface area contributed by atoms with Gasteiger partial charge in [0.25, 0.3) is 5.91 Å². The van der Waals surface area contributed by atoms with E-state index in [1.807, 2.05) is 13.0 Å². The number of hydrogen-bond acceptors (Lipinski definition) is 3. The number of carbonyl (C=O) groups excluding carboxylic acids is 1. The average molecular weight is 248 g/mol. The summed E-state index contributed by atoms with van der Waals surface area (Å²) in [6.07, 6.45) is 5.40. The number of nitrogens with zero attached hydrogens (tertiary/aromatic N) is 1. The van der Waals surface area contributed by atoms with E-state index in [4.69, 9.17) is 0 Å². The molecule has 18 heavy (non-hydrogen) atoms. The molecule has 0 spiro atoms. The van der Waals surface area contributed by atoms with Crippen LogP contribution in [0.25, 0.3) is 0 Å². The highest BCUT2D eigenvalue weighted by atomic mass is 16.3. The van der Waals surface area contributed by atoms with E-state index in [2.05, 4.69) is 10.3 Å². The second-order valence-electron chi connectivity index (χ2n) is 5.01. The molecule has 2 atom stereocenters. The van der Waals surface area contributed by atoms with Crippen molar-refractivity contribution >= 4 is 5.91 Å². The molecule has 1 aromatic rings. The Labute approximate surface area is 107 Å². The van der Waals surface area contributed by atoms with Crippen molar-refractivity contribution < 1.29 is 9.90 Å². The summed E-state index contributed by atoms with van der Waals surface area (Å²) in [6, 6.07) is 3.60. The number of amides is 1. The number of aryl methyl sites for hydroxylation is 1. The smallest absolute Gasteiger partial charge is 0.252 e. The lowest BCUT2D eigenvalue weighted by molar-refractivity contribution is 0.0663. The van der Waals surface area contributed by atoms with Gasteiger partial charge in [0.2, 0.25) is 0 Å². The van der Waals surface area contributed by atoms with Crippen LogP contribution in [0.3, 0.4) is 0 Å². The van der Waals surface area contributed by atoms with Crippen molar-refractivity contribution in [3.8, 4) is 0 Å². The van der Waals surface area contributed by atoms with E-state index in [0.29, 0.717) is 12.1 Å². The van der Waals surface area contributed by atoms with Crippen LogP contribution in [0, 0.1) is 12.8 Å². The van der Waals surface area contributed by atoms with Crippen LogP contribution in [-0.4, -0.2) is 28.6 Å². The van der Waals surface area contributed by atoms with Crippen molar-refractivity contribution in [2.45, 2.75) is 38.7 Å². The number of hydrogen-bond donors (Lipinski definition) is 2. The zero-order chi connectivity index (χ0) is 13.0. The monoisotopic (exact) mass is 248 g/mol. The minimum absolute atomic E-state index is 0.111. The lowest BCUT2D eigenvalue weighted by atomic mass is 9.86. The molecule has 1 aliphatic carbocycles. The molecule has 1 heterocycles. The van der Waals surface area contributed by atoms with Crippen molar-refractivity contribution in [1.82, 2.24) is 10.3 Å². The molecule has 2 N–H and O–H groups in total. The van der Waals surface area contributed by atoms with Gasteiger partial charge in [0.15, 0.2) is 0 Å². The van der Waals surface area contributed by atoms with E-state index in [-0.39, 0.29) is 17.9 Å². The van der Waals surface area contributed by atoms with Gasteiger partial charge in [-0.3, -0.25) is 9.78 Å². The Kier molecular flexibility index (Phi) is 4.31. The van der Waals surface area contributed by atoms with Crippen LogP contribution in [0.4, 0.5) is 0 Å². The van der Waals surface area contributed by atoms with Crippen molar-refractivity contribution in [3.05, 3.63) is 29.6 Å². The number of pyridine rings is 1. The van der Waals surface area contributed by atoms with Gasteiger partial charge in [-0.15, -0.1) is 0 Å². The van der Waals surface area contributed by atoms with Gasteiger partial charge >= 0.3 is 0 Å². The Morgan fingerprint density at radius 3 is 2.89 bits per heavy atom. The summed E-state index contributed by atoms with van der Waals surface area (Å²) in [7, 11) is 0. The van der Waals surface area contributed by atoms with Crippen molar-refractivity contribution in [2.75, 3.05) is 6.54 Å². The molecular weight excluding hydrogens is 228 g/mol. The molecule has 0 radical (unpaired) electrons. The minimum Gasteiger partial charge on any atom is -0.393 e. The Morgan fingerprint density at radius 2 is 2.22 bits per heavy atom. The fraction of sp³-hybridized carbons (Fsp3) is 0.571. The molecule has 0 bridgehead atoms.